The van der Waals surface area contributed by atoms with Crippen molar-refractivity contribution >= 4 is 27.5 Å². The van der Waals surface area contributed by atoms with E-state index in [4.69, 9.17) is 5.73 Å². The Kier molecular flexibility index (Phi) is 4.50. The van der Waals surface area contributed by atoms with Crippen molar-refractivity contribution in [2.75, 3.05) is 12.8 Å². The van der Waals surface area contributed by atoms with Crippen LogP contribution in [0.1, 0.15) is 43.0 Å². The molecule has 0 heterocycles. The molecule has 1 aliphatic rings. The molecule has 0 radical (unpaired) electrons. The van der Waals surface area contributed by atoms with Gasteiger partial charge in [0.05, 0.1) is 5.56 Å². The molecule has 19 heavy (non-hydrogen) atoms. The summed E-state index contributed by atoms with van der Waals surface area (Å²) < 4.78 is 0.807. The number of amides is 1. The van der Waals surface area contributed by atoms with Gasteiger partial charge in [0.15, 0.2) is 0 Å². The second kappa shape index (κ2) is 5.95. The Hall–Kier alpha value is -1.03. The molecule has 1 aromatic carbocycles. The maximum atomic E-state index is 12.6. The smallest absolute Gasteiger partial charge is 0.255 e. The summed E-state index contributed by atoms with van der Waals surface area (Å²) in [6.45, 7) is 2.24. The molecule has 0 aromatic heterocycles. The molecule has 0 spiro atoms. The first-order chi connectivity index (χ1) is 9.00. The number of carbonyl (C=O) groups is 1. The van der Waals surface area contributed by atoms with E-state index in [9.17, 15) is 4.79 Å². The van der Waals surface area contributed by atoms with Crippen LogP contribution in [0.4, 0.5) is 5.69 Å². The zero-order valence-electron chi connectivity index (χ0n) is 11.5. The van der Waals surface area contributed by atoms with Crippen LogP contribution in [0.3, 0.4) is 0 Å². The highest BCUT2D eigenvalue weighted by Gasteiger charge is 2.29. The van der Waals surface area contributed by atoms with Crippen LogP contribution in [0, 0.1) is 5.92 Å². The molecular weight excluding hydrogens is 304 g/mol. The van der Waals surface area contributed by atoms with E-state index >= 15 is 0 Å². The van der Waals surface area contributed by atoms with E-state index in [2.05, 4.69) is 22.9 Å². The zero-order valence-corrected chi connectivity index (χ0v) is 13.1. The minimum atomic E-state index is 0.0536. The standard InChI is InChI=1S/C15H21BrN2O/c1-10-5-3-4-6-14(10)18(2)15(19)12-9-11(17)7-8-13(12)16/h7-10,14H,3-6,17H2,1-2H3. The van der Waals surface area contributed by atoms with Gasteiger partial charge in [0.25, 0.3) is 5.91 Å². The van der Waals surface area contributed by atoms with E-state index in [1.807, 2.05) is 18.0 Å². The van der Waals surface area contributed by atoms with Gasteiger partial charge in [0.2, 0.25) is 0 Å². The quantitative estimate of drug-likeness (QED) is 0.843. The lowest BCUT2D eigenvalue weighted by Crippen LogP contribution is -2.42. The number of carbonyl (C=O) groups excluding carboxylic acids is 1. The van der Waals surface area contributed by atoms with Crippen LogP contribution in [0.15, 0.2) is 22.7 Å². The van der Waals surface area contributed by atoms with Crippen molar-refractivity contribution in [2.45, 2.75) is 38.6 Å². The number of nitrogens with zero attached hydrogens (tertiary/aromatic N) is 1. The highest BCUT2D eigenvalue weighted by atomic mass is 79.9. The number of nitrogen functional groups attached to an aromatic ring is 1. The first-order valence-electron chi connectivity index (χ1n) is 6.83. The van der Waals surface area contributed by atoms with Gasteiger partial charge in [0, 0.05) is 23.2 Å². The Balaban J connectivity index is 2.20. The van der Waals surface area contributed by atoms with Gasteiger partial charge in [-0.15, -0.1) is 0 Å². The van der Waals surface area contributed by atoms with Crippen molar-refractivity contribution in [3.05, 3.63) is 28.2 Å². The number of hydrogen-bond acceptors (Lipinski definition) is 2. The molecule has 1 aromatic rings. The Morgan fingerprint density at radius 3 is 2.74 bits per heavy atom. The third kappa shape index (κ3) is 3.11. The average molecular weight is 325 g/mol. The molecule has 1 saturated carbocycles. The van der Waals surface area contributed by atoms with Crippen LogP contribution >= 0.6 is 15.9 Å². The van der Waals surface area contributed by atoms with Crippen LogP contribution in [0.5, 0.6) is 0 Å². The fourth-order valence-electron chi connectivity index (χ4n) is 2.92. The van der Waals surface area contributed by atoms with Crippen molar-refractivity contribution in [1.29, 1.82) is 0 Å². The van der Waals surface area contributed by atoms with Gasteiger partial charge in [-0.05, 0) is 52.9 Å². The van der Waals surface area contributed by atoms with Crippen LogP contribution in [-0.2, 0) is 0 Å². The summed E-state index contributed by atoms with van der Waals surface area (Å²) in [6, 6.07) is 5.72. The minimum absolute atomic E-state index is 0.0536. The summed E-state index contributed by atoms with van der Waals surface area (Å²) in [5.74, 6) is 0.625. The maximum absolute atomic E-state index is 12.6. The molecule has 1 amide bonds. The Labute approximate surface area is 123 Å². The third-order valence-corrected chi connectivity index (χ3v) is 4.80. The van der Waals surface area contributed by atoms with E-state index in [1.165, 1.54) is 19.3 Å². The van der Waals surface area contributed by atoms with Crippen molar-refractivity contribution < 1.29 is 4.79 Å². The van der Waals surface area contributed by atoms with Crippen LogP contribution in [-0.4, -0.2) is 23.9 Å². The minimum Gasteiger partial charge on any atom is -0.399 e. The van der Waals surface area contributed by atoms with E-state index in [-0.39, 0.29) is 5.91 Å². The van der Waals surface area contributed by atoms with Gasteiger partial charge in [-0.2, -0.15) is 0 Å². The molecule has 0 saturated heterocycles. The highest BCUT2D eigenvalue weighted by molar-refractivity contribution is 9.10. The molecule has 1 aliphatic carbocycles. The van der Waals surface area contributed by atoms with Crippen LogP contribution < -0.4 is 5.73 Å². The Morgan fingerprint density at radius 2 is 2.05 bits per heavy atom. The molecule has 2 atom stereocenters. The number of nitrogens with two attached hydrogens (primary N) is 1. The van der Waals surface area contributed by atoms with Gasteiger partial charge in [0.1, 0.15) is 0 Å². The number of halogens is 1. The summed E-state index contributed by atoms with van der Waals surface area (Å²) >= 11 is 3.44. The third-order valence-electron chi connectivity index (χ3n) is 4.10. The molecule has 1 fully saturated rings. The first-order valence-corrected chi connectivity index (χ1v) is 7.62. The van der Waals surface area contributed by atoms with Crippen molar-refractivity contribution in [2.24, 2.45) is 5.92 Å². The molecule has 104 valence electrons. The highest BCUT2D eigenvalue weighted by Crippen LogP contribution is 2.29. The van der Waals surface area contributed by atoms with Crippen molar-refractivity contribution in [3.63, 3.8) is 0 Å². The van der Waals surface area contributed by atoms with E-state index in [0.717, 1.165) is 10.9 Å². The largest absolute Gasteiger partial charge is 0.399 e. The molecule has 2 unspecified atom stereocenters. The maximum Gasteiger partial charge on any atom is 0.255 e. The van der Waals surface area contributed by atoms with Crippen LogP contribution in [0.2, 0.25) is 0 Å². The lowest BCUT2D eigenvalue weighted by molar-refractivity contribution is 0.0628. The average Bonchev–Trinajstić information content (AvgIpc) is 2.40. The SMILES string of the molecule is CC1CCCCC1N(C)C(=O)c1cc(N)ccc1Br. The predicted molar refractivity (Wildman–Crippen MR) is 82.1 cm³/mol. The number of rotatable bonds is 2. The second-order valence-corrected chi connectivity index (χ2v) is 6.34. The second-order valence-electron chi connectivity index (χ2n) is 5.48. The topological polar surface area (TPSA) is 46.3 Å². The van der Waals surface area contributed by atoms with Crippen molar-refractivity contribution in [3.8, 4) is 0 Å². The number of anilines is 1. The normalized spacial score (nSPS) is 23.1. The van der Waals surface area contributed by atoms with Gasteiger partial charge in [-0.25, -0.2) is 0 Å². The van der Waals surface area contributed by atoms with Gasteiger partial charge in [-0.1, -0.05) is 19.8 Å². The Bertz CT molecular complexity index is 475. The Morgan fingerprint density at radius 1 is 1.37 bits per heavy atom. The van der Waals surface area contributed by atoms with Crippen molar-refractivity contribution in [1.82, 2.24) is 4.90 Å². The van der Waals surface area contributed by atoms with Gasteiger partial charge in [-0.3, -0.25) is 4.79 Å². The van der Waals surface area contributed by atoms with Crippen LogP contribution in [0.25, 0.3) is 0 Å². The summed E-state index contributed by atoms with van der Waals surface area (Å²) in [4.78, 5) is 14.5. The molecule has 2 rings (SSSR count). The molecule has 4 heteroatoms. The first kappa shape index (κ1) is 14.4. The molecule has 0 aliphatic heterocycles. The van der Waals surface area contributed by atoms with Gasteiger partial charge >= 0.3 is 0 Å². The van der Waals surface area contributed by atoms with E-state index < -0.39 is 0 Å². The molecule has 2 N–H and O–H groups in total. The predicted octanol–water partition coefficient (Wildman–Crippen LogP) is 3.68. The number of hydrogen-bond donors (Lipinski definition) is 1. The summed E-state index contributed by atoms with van der Waals surface area (Å²) in [5.41, 5.74) is 7.05. The summed E-state index contributed by atoms with van der Waals surface area (Å²) in [5, 5.41) is 0. The fourth-order valence-corrected chi connectivity index (χ4v) is 3.34. The summed E-state index contributed by atoms with van der Waals surface area (Å²) in [6.07, 6.45) is 4.80. The lowest BCUT2D eigenvalue weighted by atomic mass is 9.85. The summed E-state index contributed by atoms with van der Waals surface area (Å²) in [7, 11) is 1.91. The van der Waals surface area contributed by atoms with Gasteiger partial charge < -0.3 is 10.6 Å². The zero-order chi connectivity index (χ0) is 14.0. The lowest BCUT2D eigenvalue weighted by Gasteiger charge is -2.36. The van der Waals surface area contributed by atoms with E-state index in [0.29, 0.717) is 23.2 Å². The molecule has 0 bridgehead atoms. The van der Waals surface area contributed by atoms with E-state index in [1.54, 1.807) is 12.1 Å². The monoisotopic (exact) mass is 324 g/mol. The molecular formula is C15H21BrN2O. The molecule has 3 nitrogen and oxygen atoms in total. The number of benzene rings is 1. The fraction of sp³-hybridized carbons (Fsp3) is 0.533.